The van der Waals surface area contributed by atoms with Crippen LogP contribution in [0.4, 0.5) is 10.1 Å². The molecule has 24 heavy (non-hydrogen) atoms. The summed E-state index contributed by atoms with van der Waals surface area (Å²) in [5, 5.41) is 2.56. The van der Waals surface area contributed by atoms with Gasteiger partial charge in [-0.3, -0.25) is 14.5 Å². The first kappa shape index (κ1) is 16.6. The van der Waals surface area contributed by atoms with Crippen LogP contribution >= 0.6 is 0 Å². The summed E-state index contributed by atoms with van der Waals surface area (Å²) in [6.07, 6.45) is 6.10. The van der Waals surface area contributed by atoms with Crippen LogP contribution in [0.5, 0.6) is 0 Å². The van der Waals surface area contributed by atoms with Crippen LogP contribution in [0.3, 0.4) is 0 Å². The minimum absolute atomic E-state index is 0.335. The van der Waals surface area contributed by atoms with E-state index in [1.54, 1.807) is 11.8 Å². The zero-order chi connectivity index (χ0) is 17.1. The van der Waals surface area contributed by atoms with E-state index in [9.17, 15) is 14.0 Å². The lowest BCUT2D eigenvalue weighted by Gasteiger charge is -2.36. The molecule has 2 aliphatic heterocycles. The number of rotatable bonds is 2. The maximum Gasteiger partial charge on any atom is 0.313 e. The predicted octanol–water partition coefficient (Wildman–Crippen LogP) is 1.94. The van der Waals surface area contributed by atoms with Gasteiger partial charge in [-0.15, -0.1) is 0 Å². The summed E-state index contributed by atoms with van der Waals surface area (Å²) in [6.45, 7) is 4.75. The summed E-state index contributed by atoms with van der Waals surface area (Å²) in [6, 6.07) is 4.74. The molecule has 0 bridgehead atoms. The first-order chi connectivity index (χ1) is 11.5. The molecule has 0 radical (unpaired) electrons. The number of benzene rings is 1. The highest BCUT2D eigenvalue weighted by Crippen LogP contribution is 2.19. The lowest BCUT2D eigenvalue weighted by atomic mass is 10.0. The third-order valence-corrected chi connectivity index (χ3v) is 4.72. The van der Waals surface area contributed by atoms with Crippen molar-refractivity contribution in [2.24, 2.45) is 0 Å². The maximum atomic E-state index is 13.3. The Bertz CT molecular complexity index is 658. The lowest BCUT2D eigenvalue weighted by Crippen LogP contribution is -2.48. The van der Waals surface area contributed by atoms with Gasteiger partial charge in [0.25, 0.3) is 0 Å². The zero-order valence-corrected chi connectivity index (χ0v) is 13.8. The summed E-state index contributed by atoms with van der Waals surface area (Å²) in [5.74, 6) is -1.52. The van der Waals surface area contributed by atoms with Crippen LogP contribution in [0.25, 0.3) is 0 Å². The van der Waals surface area contributed by atoms with Gasteiger partial charge in [-0.25, -0.2) is 4.39 Å². The molecule has 1 fully saturated rings. The molecule has 128 valence electrons. The third kappa shape index (κ3) is 3.64. The number of aryl methyl sites for hydroxylation is 1. The minimum Gasteiger partial charge on any atom is -0.334 e. The largest absolute Gasteiger partial charge is 0.334 e. The molecule has 0 unspecified atom stereocenters. The Balaban J connectivity index is 1.52. The molecule has 2 heterocycles. The third-order valence-electron chi connectivity index (χ3n) is 4.72. The number of nitrogens with zero attached hydrogens (tertiary/aromatic N) is 2. The second-order valence-corrected chi connectivity index (χ2v) is 6.37. The fraction of sp³-hybridized carbons (Fsp3) is 0.444. The van der Waals surface area contributed by atoms with E-state index >= 15 is 0 Å². The van der Waals surface area contributed by atoms with Crippen molar-refractivity contribution < 1.29 is 14.0 Å². The van der Waals surface area contributed by atoms with Crippen molar-refractivity contribution in [2.75, 3.05) is 31.5 Å². The predicted molar refractivity (Wildman–Crippen MR) is 90.1 cm³/mol. The van der Waals surface area contributed by atoms with E-state index in [1.165, 1.54) is 18.2 Å². The molecule has 1 aromatic carbocycles. The van der Waals surface area contributed by atoms with Gasteiger partial charge >= 0.3 is 11.8 Å². The number of nitrogens with one attached hydrogen (secondary N) is 1. The van der Waals surface area contributed by atoms with E-state index in [1.807, 2.05) is 0 Å². The molecule has 1 N–H and O–H groups in total. The van der Waals surface area contributed by atoms with Gasteiger partial charge in [0.1, 0.15) is 5.82 Å². The van der Waals surface area contributed by atoms with E-state index in [2.05, 4.69) is 22.4 Å². The molecular formula is C18H22FN3O2. The molecular weight excluding hydrogens is 309 g/mol. The Morgan fingerprint density at radius 1 is 1.17 bits per heavy atom. The van der Waals surface area contributed by atoms with Gasteiger partial charge in [-0.1, -0.05) is 12.2 Å². The van der Waals surface area contributed by atoms with Crippen LogP contribution in [-0.2, 0) is 9.59 Å². The average molecular weight is 331 g/mol. The summed E-state index contributed by atoms with van der Waals surface area (Å²) in [5.41, 5.74) is 0.866. The molecule has 0 aromatic heterocycles. The van der Waals surface area contributed by atoms with E-state index in [0.29, 0.717) is 30.4 Å². The van der Waals surface area contributed by atoms with Crippen LogP contribution in [0.1, 0.15) is 18.4 Å². The Labute approximate surface area is 141 Å². The molecule has 2 aliphatic rings. The molecule has 0 aliphatic carbocycles. The molecule has 0 atom stereocenters. The Kier molecular flexibility index (Phi) is 4.94. The van der Waals surface area contributed by atoms with Gasteiger partial charge in [0.05, 0.1) is 0 Å². The van der Waals surface area contributed by atoms with Crippen LogP contribution in [-0.4, -0.2) is 53.8 Å². The first-order valence-corrected chi connectivity index (χ1v) is 8.30. The van der Waals surface area contributed by atoms with Crippen molar-refractivity contribution in [3.63, 3.8) is 0 Å². The number of piperidine rings is 1. The number of hydrogen-bond donors (Lipinski definition) is 1. The van der Waals surface area contributed by atoms with E-state index < -0.39 is 11.8 Å². The summed E-state index contributed by atoms with van der Waals surface area (Å²) in [4.78, 5) is 28.4. The fourth-order valence-corrected chi connectivity index (χ4v) is 3.28. The molecule has 1 aromatic rings. The monoisotopic (exact) mass is 331 g/mol. The minimum atomic E-state index is -0.665. The molecule has 6 heteroatoms. The summed E-state index contributed by atoms with van der Waals surface area (Å²) < 4.78 is 13.3. The molecule has 2 amide bonds. The average Bonchev–Trinajstić information content (AvgIpc) is 3.12. The van der Waals surface area contributed by atoms with Gasteiger partial charge in [-0.05, 0) is 43.5 Å². The van der Waals surface area contributed by atoms with E-state index in [-0.39, 0.29) is 5.82 Å². The van der Waals surface area contributed by atoms with Crippen molar-refractivity contribution in [1.29, 1.82) is 0 Å². The summed E-state index contributed by atoms with van der Waals surface area (Å²) >= 11 is 0. The van der Waals surface area contributed by atoms with Gasteiger partial charge in [0.2, 0.25) is 0 Å². The van der Waals surface area contributed by atoms with Gasteiger partial charge in [0.15, 0.2) is 0 Å². The van der Waals surface area contributed by atoms with Crippen molar-refractivity contribution in [3.05, 3.63) is 41.7 Å². The smallest absolute Gasteiger partial charge is 0.313 e. The topological polar surface area (TPSA) is 52.7 Å². The molecule has 1 saturated heterocycles. The number of hydrogen-bond acceptors (Lipinski definition) is 3. The molecule has 0 saturated carbocycles. The number of likely N-dealkylation sites (tertiary alicyclic amines) is 1. The number of halogens is 1. The van der Waals surface area contributed by atoms with Gasteiger partial charge < -0.3 is 10.2 Å². The molecule has 0 spiro atoms. The van der Waals surface area contributed by atoms with Crippen molar-refractivity contribution in [2.45, 2.75) is 25.8 Å². The normalized spacial score (nSPS) is 18.8. The second-order valence-electron chi connectivity index (χ2n) is 6.37. The van der Waals surface area contributed by atoms with Crippen molar-refractivity contribution >= 4 is 17.5 Å². The standard InChI is InChI=1S/C18H22FN3O2/c1-13-12-14(4-5-16(13)19)20-17(23)18(24)22-10-6-15(7-11-22)21-8-2-3-9-21/h2-5,12,15H,6-11H2,1H3,(H,20,23). The second kappa shape index (κ2) is 7.13. The molecule has 5 nitrogen and oxygen atoms in total. The number of amides is 2. The van der Waals surface area contributed by atoms with Crippen molar-refractivity contribution in [3.8, 4) is 0 Å². The Hall–Kier alpha value is -2.21. The molecule has 3 rings (SSSR count). The van der Waals surface area contributed by atoms with Crippen LogP contribution in [0, 0.1) is 12.7 Å². The Morgan fingerprint density at radius 2 is 1.83 bits per heavy atom. The summed E-state index contributed by atoms with van der Waals surface area (Å²) in [7, 11) is 0. The Morgan fingerprint density at radius 3 is 2.46 bits per heavy atom. The maximum absolute atomic E-state index is 13.3. The number of carbonyl (C=O) groups excluding carboxylic acids is 2. The highest BCUT2D eigenvalue weighted by molar-refractivity contribution is 6.39. The highest BCUT2D eigenvalue weighted by atomic mass is 19.1. The van der Waals surface area contributed by atoms with Crippen LogP contribution in [0.15, 0.2) is 30.4 Å². The van der Waals surface area contributed by atoms with E-state index in [4.69, 9.17) is 0 Å². The van der Waals surface area contributed by atoms with Crippen molar-refractivity contribution in [1.82, 2.24) is 9.80 Å². The number of carbonyl (C=O) groups is 2. The first-order valence-electron chi connectivity index (χ1n) is 8.30. The number of anilines is 1. The van der Waals surface area contributed by atoms with Crippen LogP contribution in [0.2, 0.25) is 0 Å². The van der Waals surface area contributed by atoms with Crippen LogP contribution < -0.4 is 5.32 Å². The highest BCUT2D eigenvalue weighted by Gasteiger charge is 2.29. The fourth-order valence-electron chi connectivity index (χ4n) is 3.28. The van der Waals surface area contributed by atoms with Gasteiger partial charge in [-0.2, -0.15) is 0 Å². The lowest BCUT2D eigenvalue weighted by molar-refractivity contribution is -0.144. The SMILES string of the molecule is Cc1cc(NC(=O)C(=O)N2CCC(N3CC=CC3)CC2)ccc1F. The van der Waals surface area contributed by atoms with E-state index in [0.717, 1.165) is 25.9 Å². The quantitative estimate of drug-likeness (QED) is 0.666. The zero-order valence-electron chi connectivity index (χ0n) is 13.8. The van der Waals surface area contributed by atoms with Gasteiger partial charge in [0, 0.05) is 37.9 Å².